The number of nitrogens with zero attached hydrogens (tertiary/aromatic N) is 2. The fourth-order valence-corrected chi connectivity index (χ4v) is 5.16. The smallest absolute Gasteiger partial charge is 0.241 e. The molecule has 5 heteroatoms. The first kappa shape index (κ1) is 17.1. The van der Waals surface area contributed by atoms with Gasteiger partial charge in [0.25, 0.3) is 0 Å². The molecule has 25 heavy (non-hydrogen) atoms. The lowest BCUT2D eigenvalue weighted by atomic mass is 9.86. The quantitative estimate of drug-likeness (QED) is 0.842. The third-order valence-corrected chi connectivity index (χ3v) is 6.61. The van der Waals surface area contributed by atoms with Crippen LogP contribution in [-0.2, 0) is 16.0 Å². The molecule has 2 aliphatic heterocycles. The maximum Gasteiger partial charge on any atom is 0.241 e. The zero-order valence-corrected chi connectivity index (χ0v) is 15.5. The van der Waals surface area contributed by atoms with Crippen LogP contribution in [0.3, 0.4) is 0 Å². The standard InChI is InChI=1S/C20H26N2O2S/c23-18(13-15-8-7-14-5-1-2-6-16(14)15)17-9-12-22(25)19(17)20(24)21-10-3-4-11-21/h1-2,5-6,15,17,19,25H,3-4,7-13H2/t15?,17?,19-/m1/s1. The summed E-state index contributed by atoms with van der Waals surface area (Å²) in [4.78, 5) is 27.9. The van der Waals surface area contributed by atoms with Gasteiger partial charge in [0.15, 0.2) is 0 Å². The molecular weight excluding hydrogens is 332 g/mol. The van der Waals surface area contributed by atoms with Crippen LogP contribution in [0.15, 0.2) is 24.3 Å². The lowest BCUT2D eigenvalue weighted by molar-refractivity contribution is -0.138. The van der Waals surface area contributed by atoms with Crippen LogP contribution in [-0.4, -0.2) is 46.6 Å². The largest absolute Gasteiger partial charge is 0.341 e. The summed E-state index contributed by atoms with van der Waals surface area (Å²) in [6.07, 6.45) is 5.57. The lowest BCUT2D eigenvalue weighted by Gasteiger charge is -2.27. The molecule has 1 aromatic rings. The van der Waals surface area contributed by atoms with E-state index >= 15 is 0 Å². The van der Waals surface area contributed by atoms with E-state index < -0.39 is 0 Å². The van der Waals surface area contributed by atoms with Crippen molar-refractivity contribution in [3.8, 4) is 0 Å². The molecule has 134 valence electrons. The van der Waals surface area contributed by atoms with E-state index in [1.807, 2.05) is 4.90 Å². The number of aryl methyl sites for hydroxylation is 1. The minimum Gasteiger partial charge on any atom is -0.341 e. The highest BCUT2D eigenvalue weighted by Gasteiger charge is 2.44. The molecule has 0 spiro atoms. The number of benzene rings is 1. The summed E-state index contributed by atoms with van der Waals surface area (Å²) in [6, 6.07) is 8.10. The molecule has 3 aliphatic rings. The highest BCUT2D eigenvalue weighted by atomic mass is 32.1. The normalized spacial score (nSPS) is 29.2. The van der Waals surface area contributed by atoms with Crippen molar-refractivity contribution in [2.24, 2.45) is 5.92 Å². The van der Waals surface area contributed by atoms with Crippen LogP contribution in [0.25, 0.3) is 0 Å². The van der Waals surface area contributed by atoms with E-state index in [1.165, 1.54) is 11.1 Å². The van der Waals surface area contributed by atoms with Crippen molar-refractivity contribution in [3.05, 3.63) is 35.4 Å². The number of ketones is 1. The molecule has 0 N–H and O–H groups in total. The molecule has 0 aromatic heterocycles. The molecular formula is C20H26N2O2S. The molecule has 0 bridgehead atoms. The van der Waals surface area contributed by atoms with Gasteiger partial charge in [-0.3, -0.25) is 9.59 Å². The topological polar surface area (TPSA) is 40.6 Å². The molecule has 2 saturated heterocycles. The van der Waals surface area contributed by atoms with Crippen LogP contribution >= 0.6 is 12.8 Å². The molecule has 0 saturated carbocycles. The molecule has 4 nitrogen and oxygen atoms in total. The Morgan fingerprint density at radius 3 is 2.64 bits per heavy atom. The number of amides is 1. The highest BCUT2D eigenvalue weighted by molar-refractivity contribution is 7.77. The van der Waals surface area contributed by atoms with Gasteiger partial charge in [0.05, 0.1) is 0 Å². The predicted molar refractivity (Wildman–Crippen MR) is 101 cm³/mol. The van der Waals surface area contributed by atoms with E-state index in [4.69, 9.17) is 0 Å². The van der Waals surface area contributed by atoms with Crippen LogP contribution in [0.2, 0.25) is 0 Å². The Kier molecular flexibility index (Phi) is 4.87. The Morgan fingerprint density at radius 2 is 1.84 bits per heavy atom. The molecule has 2 heterocycles. The number of rotatable bonds is 4. The monoisotopic (exact) mass is 358 g/mol. The number of thiol groups is 1. The van der Waals surface area contributed by atoms with Crippen LogP contribution in [0.5, 0.6) is 0 Å². The van der Waals surface area contributed by atoms with Gasteiger partial charge in [-0.2, -0.15) is 0 Å². The third-order valence-electron chi connectivity index (χ3n) is 6.16. The van der Waals surface area contributed by atoms with Crippen molar-refractivity contribution in [1.82, 2.24) is 9.21 Å². The first-order valence-electron chi connectivity index (χ1n) is 9.50. The Balaban J connectivity index is 1.46. The molecule has 3 atom stereocenters. The molecule has 0 radical (unpaired) electrons. The molecule has 1 aromatic carbocycles. The summed E-state index contributed by atoms with van der Waals surface area (Å²) in [6.45, 7) is 2.37. The first-order chi connectivity index (χ1) is 12.1. The number of hydrogen-bond donors (Lipinski definition) is 1. The van der Waals surface area contributed by atoms with Crippen molar-refractivity contribution in [3.63, 3.8) is 0 Å². The Morgan fingerprint density at radius 1 is 1.08 bits per heavy atom. The van der Waals surface area contributed by atoms with Gasteiger partial charge >= 0.3 is 0 Å². The van der Waals surface area contributed by atoms with Crippen molar-refractivity contribution >= 4 is 24.5 Å². The minimum absolute atomic E-state index is 0.107. The van der Waals surface area contributed by atoms with Crippen molar-refractivity contribution in [1.29, 1.82) is 0 Å². The predicted octanol–water partition coefficient (Wildman–Crippen LogP) is 2.83. The Hall–Kier alpha value is -1.33. The SMILES string of the molecule is O=C(CC1CCc2ccccc21)C1CCN(S)[C@H]1C(=O)N1CCCC1. The van der Waals surface area contributed by atoms with Crippen molar-refractivity contribution < 1.29 is 9.59 Å². The number of Topliss-reactive ketones (excluding diaryl/α,β-unsaturated/α-hetero) is 1. The molecule has 2 unspecified atom stereocenters. The summed E-state index contributed by atoms with van der Waals surface area (Å²) in [5.74, 6) is 0.476. The summed E-state index contributed by atoms with van der Waals surface area (Å²) in [5.41, 5.74) is 2.71. The minimum atomic E-state index is -0.370. The van der Waals surface area contributed by atoms with E-state index in [0.717, 1.165) is 45.2 Å². The van der Waals surface area contributed by atoms with E-state index in [0.29, 0.717) is 18.9 Å². The second-order valence-electron chi connectivity index (χ2n) is 7.64. The highest BCUT2D eigenvalue weighted by Crippen LogP contribution is 2.38. The second kappa shape index (κ2) is 7.12. The summed E-state index contributed by atoms with van der Waals surface area (Å²) >= 11 is 4.50. The number of carbonyl (C=O) groups is 2. The number of fused-ring (bicyclic) bond motifs is 1. The second-order valence-corrected chi connectivity index (χ2v) is 8.15. The first-order valence-corrected chi connectivity index (χ1v) is 9.90. The Labute approximate surface area is 155 Å². The molecule has 2 fully saturated rings. The van der Waals surface area contributed by atoms with Gasteiger partial charge in [0.1, 0.15) is 11.8 Å². The Bertz CT molecular complexity index is 671. The van der Waals surface area contributed by atoms with Crippen LogP contribution in [0.4, 0.5) is 0 Å². The van der Waals surface area contributed by atoms with Gasteiger partial charge in [-0.05, 0) is 49.1 Å². The van der Waals surface area contributed by atoms with Crippen molar-refractivity contribution in [2.45, 2.75) is 50.5 Å². The van der Waals surface area contributed by atoms with E-state index in [1.54, 1.807) is 4.31 Å². The van der Waals surface area contributed by atoms with Gasteiger partial charge < -0.3 is 4.90 Å². The zero-order valence-electron chi connectivity index (χ0n) is 14.6. The van der Waals surface area contributed by atoms with E-state index in [9.17, 15) is 9.59 Å². The van der Waals surface area contributed by atoms with Crippen LogP contribution < -0.4 is 0 Å². The summed E-state index contributed by atoms with van der Waals surface area (Å²) < 4.78 is 1.80. The summed E-state index contributed by atoms with van der Waals surface area (Å²) in [5, 5.41) is 0. The fraction of sp³-hybridized carbons (Fsp3) is 0.600. The molecule has 1 amide bonds. The van der Waals surface area contributed by atoms with Crippen molar-refractivity contribution in [2.75, 3.05) is 19.6 Å². The van der Waals surface area contributed by atoms with Gasteiger partial charge in [0, 0.05) is 32.0 Å². The third kappa shape index (κ3) is 3.24. The maximum absolute atomic E-state index is 13.1. The number of hydrogen-bond acceptors (Lipinski definition) is 4. The number of carbonyl (C=O) groups excluding carboxylic acids is 2. The lowest BCUT2D eigenvalue weighted by Crippen LogP contribution is -2.46. The van der Waals surface area contributed by atoms with Gasteiger partial charge in [-0.15, -0.1) is 0 Å². The molecule has 4 rings (SSSR count). The van der Waals surface area contributed by atoms with Gasteiger partial charge in [-0.1, -0.05) is 37.1 Å². The average molecular weight is 359 g/mol. The average Bonchev–Trinajstić information content (AvgIpc) is 3.34. The maximum atomic E-state index is 13.1. The van der Waals surface area contributed by atoms with Crippen LogP contribution in [0.1, 0.15) is 49.1 Å². The molecule has 1 aliphatic carbocycles. The van der Waals surface area contributed by atoms with E-state index in [2.05, 4.69) is 37.1 Å². The number of likely N-dealkylation sites (tertiary alicyclic amines) is 1. The van der Waals surface area contributed by atoms with E-state index in [-0.39, 0.29) is 23.7 Å². The summed E-state index contributed by atoms with van der Waals surface area (Å²) in [7, 11) is 0. The van der Waals surface area contributed by atoms with Gasteiger partial charge in [0.2, 0.25) is 5.91 Å². The fourth-order valence-electron chi connectivity index (χ4n) is 4.79. The zero-order chi connectivity index (χ0) is 17.4. The van der Waals surface area contributed by atoms with Gasteiger partial charge in [-0.25, -0.2) is 4.31 Å². The van der Waals surface area contributed by atoms with Crippen LogP contribution in [0, 0.1) is 5.92 Å².